The van der Waals surface area contributed by atoms with Crippen LogP contribution in [0.2, 0.25) is 0 Å². The summed E-state index contributed by atoms with van der Waals surface area (Å²) in [5, 5.41) is 3.90. The Morgan fingerprint density at radius 1 is 1.10 bits per heavy atom. The van der Waals surface area contributed by atoms with E-state index in [9.17, 15) is 21.6 Å². The molecule has 0 saturated carbocycles. The molecule has 3 aromatic rings. The zero-order valence-electron chi connectivity index (χ0n) is 16.6. The van der Waals surface area contributed by atoms with Gasteiger partial charge in [0.25, 0.3) is 0 Å². The Hall–Kier alpha value is -2.69. The second-order valence-electron chi connectivity index (χ2n) is 7.19. The van der Waals surface area contributed by atoms with Crippen LogP contribution in [0.5, 0.6) is 0 Å². The Kier molecular flexibility index (Phi) is 5.63. The van der Waals surface area contributed by atoms with Crippen molar-refractivity contribution in [3.05, 3.63) is 59.8 Å². The number of hydrogen-bond donors (Lipinski definition) is 1. The number of hydrogen-bond acceptors (Lipinski definition) is 5. The number of halogens is 3. The van der Waals surface area contributed by atoms with Crippen molar-refractivity contribution in [2.24, 2.45) is 0 Å². The third kappa shape index (κ3) is 4.23. The molecule has 2 heterocycles. The smallest absolute Gasteiger partial charge is 0.379 e. The van der Waals surface area contributed by atoms with E-state index >= 15 is 0 Å². The summed E-state index contributed by atoms with van der Waals surface area (Å²) in [6, 6.07) is 10.0. The fourth-order valence-electron chi connectivity index (χ4n) is 3.58. The van der Waals surface area contributed by atoms with Gasteiger partial charge in [-0.2, -0.15) is 17.5 Å². The highest BCUT2D eigenvalue weighted by atomic mass is 32.2. The van der Waals surface area contributed by atoms with Crippen molar-refractivity contribution < 1.29 is 26.3 Å². The lowest BCUT2D eigenvalue weighted by Gasteiger charge is -2.27. The summed E-state index contributed by atoms with van der Waals surface area (Å²) in [4.78, 5) is 4.33. The van der Waals surface area contributed by atoms with Crippen LogP contribution in [0.15, 0.2) is 53.6 Å². The number of pyridine rings is 1. The van der Waals surface area contributed by atoms with E-state index in [1.807, 2.05) is 0 Å². The van der Waals surface area contributed by atoms with Crippen molar-refractivity contribution in [3.63, 3.8) is 0 Å². The first-order valence-electron chi connectivity index (χ1n) is 9.58. The minimum absolute atomic E-state index is 0.0668. The molecule has 1 aliphatic rings. The maximum Gasteiger partial charge on any atom is 0.416 e. The van der Waals surface area contributed by atoms with Gasteiger partial charge in [-0.25, -0.2) is 13.4 Å². The first-order chi connectivity index (χ1) is 14.7. The van der Waals surface area contributed by atoms with Crippen molar-refractivity contribution in [1.82, 2.24) is 9.29 Å². The van der Waals surface area contributed by atoms with Crippen LogP contribution < -0.4 is 5.32 Å². The molecule has 0 radical (unpaired) electrons. The second kappa shape index (κ2) is 8.10. The average molecular weight is 451 g/mol. The van der Waals surface area contributed by atoms with E-state index in [-0.39, 0.29) is 29.5 Å². The number of fused-ring (bicyclic) bond motifs is 1. The summed E-state index contributed by atoms with van der Waals surface area (Å²) < 4.78 is 72.3. The summed E-state index contributed by atoms with van der Waals surface area (Å²) in [6.45, 7) is 2.92. The maximum absolute atomic E-state index is 13.3. The molecule has 6 nitrogen and oxygen atoms in total. The lowest BCUT2D eigenvalue weighted by Crippen LogP contribution is -2.40. The van der Waals surface area contributed by atoms with Gasteiger partial charge in [0, 0.05) is 35.7 Å². The van der Waals surface area contributed by atoms with Gasteiger partial charge >= 0.3 is 6.18 Å². The highest BCUT2D eigenvalue weighted by Crippen LogP contribution is 2.35. The van der Waals surface area contributed by atoms with Gasteiger partial charge in [-0.3, -0.25) is 0 Å². The third-order valence-electron chi connectivity index (χ3n) is 5.13. The second-order valence-corrected chi connectivity index (χ2v) is 9.09. The molecule has 0 unspecified atom stereocenters. The largest absolute Gasteiger partial charge is 0.416 e. The average Bonchev–Trinajstić information content (AvgIpc) is 2.74. The zero-order valence-corrected chi connectivity index (χ0v) is 17.4. The van der Waals surface area contributed by atoms with E-state index in [0.717, 1.165) is 17.7 Å². The van der Waals surface area contributed by atoms with Crippen LogP contribution in [0.25, 0.3) is 10.8 Å². The van der Waals surface area contributed by atoms with Crippen molar-refractivity contribution in [2.45, 2.75) is 18.0 Å². The number of anilines is 2. The predicted octanol–water partition coefficient (Wildman–Crippen LogP) is 4.33. The standard InChI is InChI=1S/C21H20F3N3O3S/c1-14-4-2-7-17-19(14)18(31(28,29)27-8-10-30-11-9-27)13-25-20(17)26-16-6-3-5-15(12-16)21(22,23)24/h2-7,12-13H,8-11H2,1H3,(H,25,26). The Morgan fingerprint density at radius 3 is 2.52 bits per heavy atom. The Balaban J connectivity index is 1.80. The summed E-state index contributed by atoms with van der Waals surface area (Å²) >= 11 is 0. The van der Waals surface area contributed by atoms with Crippen LogP contribution in [0.4, 0.5) is 24.7 Å². The summed E-state index contributed by atoms with van der Waals surface area (Å²) in [5.41, 5.74) is 0.136. The number of nitrogens with zero attached hydrogens (tertiary/aromatic N) is 2. The number of benzene rings is 2. The molecule has 1 saturated heterocycles. The van der Waals surface area contributed by atoms with Gasteiger partial charge in [0.2, 0.25) is 10.0 Å². The molecule has 1 aliphatic heterocycles. The molecule has 0 amide bonds. The molecule has 1 aromatic heterocycles. The van der Waals surface area contributed by atoms with Crippen molar-refractivity contribution in [2.75, 3.05) is 31.6 Å². The van der Waals surface area contributed by atoms with Gasteiger partial charge in [0.1, 0.15) is 10.7 Å². The quantitative estimate of drug-likeness (QED) is 0.640. The van der Waals surface area contributed by atoms with Crippen molar-refractivity contribution in [1.29, 1.82) is 0 Å². The molecule has 0 aliphatic carbocycles. The van der Waals surface area contributed by atoms with Crippen LogP contribution in [0.1, 0.15) is 11.1 Å². The topological polar surface area (TPSA) is 71.5 Å². The number of ether oxygens (including phenoxy) is 1. The lowest BCUT2D eigenvalue weighted by molar-refractivity contribution is -0.137. The van der Waals surface area contributed by atoms with Gasteiger partial charge in [-0.05, 0) is 30.7 Å². The van der Waals surface area contributed by atoms with Crippen LogP contribution >= 0.6 is 0 Å². The van der Waals surface area contributed by atoms with Crippen LogP contribution in [-0.2, 0) is 20.9 Å². The first-order valence-corrected chi connectivity index (χ1v) is 11.0. The van der Waals surface area contributed by atoms with E-state index in [1.54, 1.807) is 25.1 Å². The molecular weight excluding hydrogens is 431 g/mol. The SMILES string of the molecule is Cc1cccc2c(Nc3cccc(C(F)(F)F)c3)ncc(S(=O)(=O)N3CCOCC3)c12. The summed E-state index contributed by atoms with van der Waals surface area (Å²) in [6.07, 6.45) is -3.21. The molecule has 4 rings (SSSR count). The highest BCUT2D eigenvalue weighted by Gasteiger charge is 2.31. The molecule has 0 bridgehead atoms. The fourth-order valence-corrected chi connectivity index (χ4v) is 5.20. The number of morpholine rings is 1. The molecular formula is C21H20F3N3O3S. The third-order valence-corrected chi connectivity index (χ3v) is 7.04. The highest BCUT2D eigenvalue weighted by molar-refractivity contribution is 7.89. The van der Waals surface area contributed by atoms with Gasteiger partial charge < -0.3 is 10.1 Å². The Bertz CT molecular complexity index is 1220. The van der Waals surface area contributed by atoms with E-state index in [2.05, 4.69) is 10.3 Å². The first kappa shape index (κ1) is 21.5. The number of aromatic nitrogens is 1. The van der Waals surface area contributed by atoms with Crippen LogP contribution in [0.3, 0.4) is 0 Å². The Morgan fingerprint density at radius 2 is 1.81 bits per heavy atom. The molecule has 10 heteroatoms. The lowest BCUT2D eigenvalue weighted by atomic mass is 10.1. The molecule has 1 N–H and O–H groups in total. The molecule has 0 atom stereocenters. The van der Waals surface area contributed by atoms with Crippen LogP contribution in [0, 0.1) is 6.92 Å². The zero-order chi connectivity index (χ0) is 22.2. The molecule has 1 fully saturated rings. The van der Waals surface area contributed by atoms with Gasteiger partial charge in [-0.1, -0.05) is 24.3 Å². The van der Waals surface area contributed by atoms with Crippen molar-refractivity contribution in [3.8, 4) is 0 Å². The van der Waals surface area contributed by atoms with Gasteiger partial charge in [0.15, 0.2) is 0 Å². The Labute approximate surface area is 177 Å². The molecule has 31 heavy (non-hydrogen) atoms. The fraction of sp³-hybridized carbons (Fsp3) is 0.286. The number of aryl methyl sites for hydroxylation is 1. The molecule has 164 valence electrons. The molecule has 2 aromatic carbocycles. The summed E-state index contributed by atoms with van der Waals surface area (Å²) in [5.74, 6) is 0.277. The normalized spacial score (nSPS) is 15.9. The van der Waals surface area contributed by atoms with Crippen LogP contribution in [-0.4, -0.2) is 44.0 Å². The monoisotopic (exact) mass is 451 g/mol. The number of alkyl halides is 3. The maximum atomic E-state index is 13.3. The predicted molar refractivity (Wildman–Crippen MR) is 111 cm³/mol. The minimum atomic E-state index is -4.47. The van der Waals surface area contributed by atoms with Gasteiger partial charge in [0.05, 0.1) is 18.8 Å². The number of nitrogens with one attached hydrogen (secondary N) is 1. The minimum Gasteiger partial charge on any atom is -0.379 e. The number of sulfonamides is 1. The van der Waals surface area contributed by atoms with E-state index in [4.69, 9.17) is 4.74 Å². The number of rotatable bonds is 4. The van der Waals surface area contributed by atoms with Crippen molar-refractivity contribution >= 4 is 32.3 Å². The molecule has 0 spiro atoms. The van der Waals surface area contributed by atoms with E-state index in [1.165, 1.54) is 22.6 Å². The van der Waals surface area contributed by atoms with E-state index in [0.29, 0.717) is 24.0 Å². The van der Waals surface area contributed by atoms with E-state index < -0.39 is 21.8 Å². The summed E-state index contributed by atoms with van der Waals surface area (Å²) in [7, 11) is -3.81. The van der Waals surface area contributed by atoms with Gasteiger partial charge in [-0.15, -0.1) is 0 Å².